The number of ether oxygens (including phenoxy) is 2. The lowest BCUT2D eigenvalue weighted by atomic mass is 9.92. The zero-order valence-electron chi connectivity index (χ0n) is 19.9. The van der Waals surface area contributed by atoms with Crippen LogP contribution in [0.25, 0.3) is 11.1 Å². The van der Waals surface area contributed by atoms with E-state index in [1.807, 2.05) is 39.0 Å². The largest absolute Gasteiger partial charge is 0.492 e. The van der Waals surface area contributed by atoms with Crippen LogP contribution in [0.4, 0.5) is 4.79 Å². The number of hydrogen-bond donors (Lipinski definition) is 2. The van der Waals surface area contributed by atoms with Gasteiger partial charge in [0.15, 0.2) is 0 Å². The molecule has 0 aliphatic carbocycles. The Labute approximate surface area is 192 Å². The monoisotopic (exact) mass is 451 g/mol. The Bertz CT molecular complexity index is 1050. The number of amides is 1. The highest BCUT2D eigenvalue weighted by Gasteiger charge is 2.24. The molecule has 32 heavy (non-hydrogen) atoms. The maximum atomic E-state index is 12.2. The van der Waals surface area contributed by atoms with Crippen LogP contribution in [0.5, 0.6) is 5.75 Å². The first-order chi connectivity index (χ1) is 15.0. The predicted molar refractivity (Wildman–Crippen MR) is 130 cm³/mol. The van der Waals surface area contributed by atoms with Crippen LogP contribution in [0, 0.1) is 11.5 Å². The standard InChI is InChI=1S/C26H33NO4Si/c1-26(2,3)31-25(29)27-16-20-15-22(24-21(11-13-30-24)23(20)17-28)19-9-7-18(8-10-19)12-14-32(4,5)6/h7-10,15,28H,11,13,16-17H2,1-6H3,(H,27,29). The molecule has 0 unspecified atom stereocenters. The van der Waals surface area contributed by atoms with Gasteiger partial charge < -0.3 is 19.9 Å². The fourth-order valence-electron chi connectivity index (χ4n) is 3.55. The molecule has 2 aromatic rings. The molecule has 1 amide bonds. The van der Waals surface area contributed by atoms with Crippen LogP contribution in [0.2, 0.25) is 19.6 Å². The van der Waals surface area contributed by atoms with E-state index < -0.39 is 19.8 Å². The van der Waals surface area contributed by atoms with Crippen molar-refractivity contribution in [3.63, 3.8) is 0 Å². The highest BCUT2D eigenvalue weighted by atomic mass is 28.3. The molecule has 0 atom stereocenters. The molecule has 0 radical (unpaired) electrons. The van der Waals surface area contributed by atoms with Gasteiger partial charge >= 0.3 is 6.09 Å². The van der Waals surface area contributed by atoms with Crippen molar-refractivity contribution >= 4 is 14.2 Å². The molecule has 1 heterocycles. The summed E-state index contributed by atoms with van der Waals surface area (Å²) in [7, 11) is -1.43. The van der Waals surface area contributed by atoms with Gasteiger partial charge in [-0.1, -0.05) is 37.7 Å². The molecule has 2 N–H and O–H groups in total. The van der Waals surface area contributed by atoms with Gasteiger partial charge in [0.2, 0.25) is 0 Å². The summed E-state index contributed by atoms with van der Waals surface area (Å²) in [5.41, 5.74) is 8.48. The molecule has 2 aromatic carbocycles. The molecule has 1 aliphatic rings. The van der Waals surface area contributed by atoms with Crippen molar-refractivity contribution in [1.82, 2.24) is 5.32 Å². The van der Waals surface area contributed by atoms with Gasteiger partial charge in [0.05, 0.1) is 13.2 Å². The molecule has 5 nitrogen and oxygen atoms in total. The second-order valence-electron chi connectivity index (χ2n) is 10.1. The summed E-state index contributed by atoms with van der Waals surface area (Å²) in [5, 5.41) is 12.9. The van der Waals surface area contributed by atoms with Crippen molar-refractivity contribution in [2.24, 2.45) is 0 Å². The third-order valence-electron chi connectivity index (χ3n) is 4.95. The summed E-state index contributed by atoms with van der Waals surface area (Å²) in [6.45, 7) is 12.9. The molecule has 0 bridgehead atoms. The zero-order valence-corrected chi connectivity index (χ0v) is 20.9. The zero-order chi connectivity index (χ0) is 23.5. The van der Waals surface area contributed by atoms with Crippen LogP contribution in [0.3, 0.4) is 0 Å². The molecular formula is C26H33NO4Si. The highest BCUT2D eigenvalue weighted by molar-refractivity contribution is 6.83. The molecule has 0 fully saturated rings. The number of hydrogen-bond acceptors (Lipinski definition) is 4. The molecule has 0 saturated heterocycles. The topological polar surface area (TPSA) is 67.8 Å². The van der Waals surface area contributed by atoms with Gasteiger partial charge in [0.1, 0.15) is 19.4 Å². The Morgan fingerprint density at radius 3 is 2.50 bits per heavy atom. The first kappa shape index (κ1) is 23.9. The average Bonchev–Trinajstić information content (AvgIpc) is 3.18. The SMILES string of the molecule is CC(C)(C)OC(=O)NCc1cc(-c2ccc(C#C[Si](C)(C)C)cc2)c2c(c1CO)CCO2. The first-order valence-electron chi connectivity index (χ1n) is 11.0. The van der Waals surface area contributed by atoms with E-state index in [1.165, 1.54) is 0 Å². The van der Waals surface area contributed by atoms with Crippen molar-refractivity contribution in [1.29, 1.82) is 0 Å². The molecule has 0 aromatic heterocycles. The smallest absolute Gasteiger partial charge is 0.407 e. The number of nitrogens with one attached hydrogen (secondary N) is 1. The fraction of sp³-hybridized carbons (Fsp3) is 0.423. The Morgan fingerprint density at radius 1 is 1.22 bits per heavy atom. The predicted octanol–water partition coefficient (Wildman–Crippen LogP) is 5.03. The Kier molecular flexibility index (Phi) is 7.02. The van der Waals surface area contributed by atoms with Gasteiger partial charge in [-0.25, -0.2) is 4.79 Å². The maximum absolute atomic E-state index is 12.2. The lowest BCUT2D eigenvalue weighted by molar-refractivity contribution is 0.0523. The van der Waals surface area contributed by atoms with Crippen molar-refractivity contribution < 1.29 is 19.4 Å². The summed E-state index contributed by atoms with van der Waals surface area (Å²) in [4.78, 5) is 12.2. The highest BCUT2D eigenvalue weighted by Crippen LogP contribution is 2.41. The summed E-state index contributed by atoms with van der Waals surface area (Å²) in [6.07, 6.45) is 0.253. The van der Waals surface area contributed by atoms with Crippen molar-refractivity contribution in [2.45, 2.75) is 65.6 Å². The van der Waals surface area contributed by atoms with E-state index in [0.29, 0.717) is 6.61 Å². The quantitative estimate of drug-likeness (QED) is 0.505. The number of benzene rings is 2. The third kappa shape index (κ3) is 6.15. The van der Waals surface area contributed by atoms with E-state index >= 15 is 0 Å². The van der Waals surface area contributed by atoms with Gasteiger partial charge in [-0.15, -0.1) is 5.54 Å². The Hall–Kier alpha value is -2.75. The van der Waals surface area contributed by atoms with Gasteiger partial charge in [-0.3, -0.25) is 0 Å². The van der Waals surface area contributed by atoms with Crippen LogP contribution >= 0.6 is 0 Å². The normalized spacial score (nSPS) is 13.0. The lowest BCUT2D eigenvalue weighted by Crippen LogP contribution is -2.32. The number of aliphatic hydroxyl groups excluding tert-OH is 1. The average molecular weight is 452 g/mol. The summed E-state index contributed by atoms with van der Waals surface area (Å²) in [6, 6.07) is 10.2. The number of carbonyl (C=O) groups excluding carboxylic acids is 1. The van der Waals surface area contributed by atoms with Gasteiger partial charge in [-0.05, 0) is 55.7 Å². The van der Waals surface area contributed by atoms with Crippen LogP contribution in [-0.2, 0) is 24.3 Å². The summed E-state index contributed by atoms with van der Waals surface area (Å²) < 4.78 is 11.3. The molecule has 0 saturated carbocycles. The first-order valence-corrected chi connectivity index (χ1v) is 14.5. The van der Waals surface area contributed by atoms with Crippen LogP contribution < -0.4 is 10.1 Å². The number of carbonyl (C=O) groups is 1. The van der Waals surface area contributed by atoms with Crippen LogP contribution in [-0.4, -0.2) is 31.5 Å². The summed E-state index contributed by atoms with van der Waals surface area (Å²) >= 11 is 0. The maximum Gasteiger partial charge on any atom is 0.407 e. The van der Waals surface area contributed by atoms with Gasteiger partial charge in [-0.2, -0.15) is 0 Å². The lowest BCUT2D eigenvalue weighted by Gasteiger charge is -2.21. The fourth-order valence-corrected chi connectivity index (χ4v) is 4.07. The molecule has 170 valence electrons. The van der Waals surface area contributed by atoms with Crippen molar-refractivity contribution in [2.75, 3.05) is 6.61 Å². The minimum atomic E-state index is -1.43. The van der Waals surface area contributed by atoms with Gasteiger partial charge in [0, 0.05) is 29.7 Å². The van der Waals surface area contributed by atoms with E-state index in [0.717, 1.165) is 45.6 Å². The molecule has 3 rings (SSSR count). The van der Waals surface area contributed by atoms with Crippen LogP contribution in [0.15, 0.2) is 30.3 Å². The summed E-state index contributed by atoms with van der Waals surface area (Å²) in [5.74, 6) is 4.10. The molecule has 0 spiro atoms. The molecule has 1 aliphatic heterocycles. The third-order valence-corrected chi connectivity index (χ3v) is 5.82. The van der Waals surface area contributed by atoms with Crippen LogP contribution in [0.1, 0.15) is 43.0 Å². The molecule has 6 heteroatoms. The minimum Gasteiger partial charge on any atom is -0.492 e. The van der Waals surface area contributed by atoms with E-state index in [4.69, 9.17) is 9.47 Å². The second kappa shape index (κ2) is 9.39. The van der Waals surface area contributed by atoms with Crippen molar-refractivity contribution in [3.8, 4) is 28.3 Å². The number of alkyl carbamates (subject to hydrolysis) is 1. The minimum absolute atomic E-state index is 0.109. The Morgan fingerprint density at radius 2 is 1.91 bits per heavy atom. The van der Waals surface area contributed by atoms with Gasteiger partial charge in [0.25, 0.3) is 0 Å². The number of aliphatic hydroxyl groups is 1. The van der Waals surface area contributed by atoms with E-state index in [-0.39, 0.29) is 13.2 Å². The Balaban J connectivity index is 1.93. The van der Waals surface area contributed by atoms with E-state index in [2.05, 4.69) is 48.6 Å². The van der Waals surface area contributed by atoms with E-state index in [1.54, 1.807) is 0 Å². The number of rotatable bonds is 4. The second-order valence-corrected chi connectivity index (χ2v) is 14.8. The number of fused-ring (bicyclic) bond motifs is 1. The molecular weight excluding hydrogens is 418 g/mol. The van der Waals surface area contributed by atoms with E-state index in [9.17, 15) is 9.90 Å². The van der Waals surface area contributed by atoms with Crippen molar-refractivity contribution in [3.05, 3.63) is 52.6 Å².